The van der Waals surface area contributed by atoms with Crippen LogP contribution in [0.5, 0.6) is 0 Å². The Kier molecular flexibility index (Phi) is 5.27. The van der Waals surface area contributed by atoms with E-state index >= 15 is 0 Å². The highest BCUT2D eigenvalue weighted by atomic mass is 32.2. The second kappa shape index (κ2) is 7.25. The van der Waals surface area contributed by atoms with Crippen molar-refractivity contribution in [2.24, 2.45) is 0 Å². The van der Waals surface area contributed by atoms with Crippen molar-refractivity contribution in [2.75, 3.05) is 5.75 Å². The Morgan fingerprint density at radius 3 is 2.00 bits per heavy atom. The fourth-order valence-electron chi connectivity index (χ4n) is 1.33. The summed E-state index contributed by atoms with van der Waals surface area (Å²) in [6.45, 7) is 0. The molecule has 2 aromatic rings. The number of benzene rings is 2. The van der Waals surface area contributed by atoms with Gasteiger partial charge in [-0.1, -0.05) is 54.2 Å². The normalized spacial score (nSPS) is 10.8. The zero-order valence-corrected chi connectivity index (χ0v) is 11.1. The van der Waals surface area contributed by atoms with E-state index in [1.807, 2.05) is 23.9 Å². The number of thioether (sulfide) groups is 2. The monoisotopic (exact) mass is 258 g/mol. The van der Waals surface area contributed by atoms with Gasteiger partial charge in [0.2, 0.25) is 0 Å². The van der Waals surface area contributed by atoms with E-state index in [9.17, 15) is 0 Å². The summed E-state index contributed by atoms with van der Waals surface area (Å²) in [5.74, 6) is 1.02. The van der Waals surface area contributed by atoms with Crippen LogP contribution in [-0.4, -0.2) is 5.75 Å². The molecule has 0 radical (unpaired) electrons. The number of rotatable bonds is 5. The summed E-state index contributed by atoms with van der Waals surface area (Å²) >= 11 is 3.62. The van der Waals surface area contributed by atoms with E-state index in [4.69, 9.17) is 0 Å². The van der Waals surface area contributed by atoms with Crippen molar-refractivity contribution >= 4 is 23.5 Å². The Bertz CT molecular complexity index is 449. The highest BCUT2D eigenvalue weighted by Gasteiger charge is 1.89. The summed E-state index contributed by atoms with van der Waals surface area (Å²) in [5, 5.41) is 2.16. The minimum absolute atomic E-state index is 1.02. The molecule has 0 heterocycles. The first-order valence-electron chi connectivity index (χ1n) is 5.50. The van der Waals surface area contributed by atoms with Gasteiger partial charge in [0.25, 0.3) is 0 Å². The van der Waals surface area contributed by atoms with Crippen LogP contribution in [-0.2, 0) is 0 Å². The molecule has 0 aromatic heterocycles. The molecule has 17 heavy (non-hydrogen) atoms. The first-order valence-corrected chi connectivity index (χ1v) is 7.36. The molecule has 2 rings (SSSR count). The molecule has 0 fully saturated rings. The molecule has 0 spiro atoms. The van der Waals surface area contributed by atoms with E-state index in [0.717, 1.165) is 5.75 Å². The third-order valence-electron chi connectivity index (χ3n) is 2.13. The van der Waals surface area contributed by atoms with Gasteiger partial charge in [0.15, 0.2) is 0 Å². The lowest BCUT2D eigenvalue weighted by Crippen LogP contribution is -1.72. The molecule has 0 aliphatic heterocycles. The molecule has 0 saturated heterocycles. The zero-order chi connectivity index (χ0) is 11.8. The quantitative estimate of drug-likeness (QED) is 0.685. The summed E-state index contributed by atoms with van der Waals surface area (Å²) in [7, 11) is 0. The SMILES string of the molecule is C(=C\Sc1ccccc1)/CSc1ccccc1. The molecule has 0 atom stereocenters. The standard InChI is InChI=1S/C15H14S2/c1-3-8-14(9-4-1)16-12-7-13-17-15-10-5-2-6-11-15/h1-12H,13H2/b12-7+. The molecule has 0 nitrogen and oxygen atoms in total. The van der Waals surface area contributed by atoms with Crippen molar-refractivity contribution in [3.63, 3.8) is 0 Å². The fraction of sp³-hybridized carbons (Fsp3) is 0.0667. The summed E-state index contributed by atoms with van der Waals surface area (Å²) in [6, 6.07) is 20.9. The second-order valence-electron chi connectivity index (χ2n) is 3.43. The summed E-state index contributed by atoms with van der Waals surface area (Å²) in [5.41, 5.74) is 0. The zero-order valence-electron chi connectivity index (χ0n) is 9.45. The van der Waals surface area contributed by atoms with Crippen molar-refractivity contribution in [1.29, 1.82) is 0 Å². The van der Waals surface area contributed by atoms with Crippen molar-refractivity contribution < 1.29 is 0 Å². The van der Waals surface area contributed by atoms with Gasteiger partial charge in [0.05, 0.1) is 0 Å². The van der Waals surface area contributed by atoms with Crippen molar-refractivity contribution in [3.05, 3.63) is 72.1 Å². The summed E-state index contributed by atoms with van der Waals surface area (Å²) in [6.07, 6.45) is 2.20. The van der Waals surface area contributed by atoms with Gasteiger partial charge in [-0.15, -0.1) is 11.8 Å². The Labute approximate surface area is 111 Å². The number of hydrogen-bond acceptors (Lipinski definition) is 2. The van der Waals surface area contributed by atoms with Crippen LogP contribution >= 0.6 is 23.5 Å². The highest BCUT2D eigenvalue weighted by Crippen LogP contribution is 2.20. The van der Waals surface area contributed by atoms with Gasteiger partial charge >= 0.3 is 0 Å². The predicted octanol–water partition coefficient (Wildman–Crippen LogP) is 5.08. The Balaban J connectivity index is 1.72. The minimum atomic E-state index is 1.02. The Hall–Kier alpha value is -1.12. The van der Waals surface area contributed by atoms with Gasteiger partial charge < -0.3 is 0 Å². The molecule has 0 N–H and O–H groups in total. The lowest BCUT2D eigenvalue weighted by molar-refractivity contribution is 1.46. The van der Waals surface area contributed by atoms with Crippen LogP contribution in [0.3, 0.4) is 0 Å². The summed E-state index contributed by atoms with van der Waals surface area (Å²) < 4.78 is 0. The average Bonchev–Trinajstić information content (AvgIpc) is 2.41. The largest absolute Gasteiger partial charge is 0.122 e. The molecule has 0 aliphatic rings. The van der Waals surface area contributed by atoms with E-state index in [-0.39, 0.29) is 0 Å². The smallest absolute Gasteiger partial charge is 0.0169 e. The van der Waals surface area contributed by atoms with E-state index in [1.165, 1.54) is 9.79 Å². The van der Waals surface area contributed by atoms with Crippen LogP contribution in [0.15, 0.2) is 81.9 Å². The van der Waals surface area contributed by atoms with Crippen LogP contribution < -0.4 is 0 Å². The molecule has 2 aromatic carbocycles. The van der Waals surface area contributed by atoms with Crippen molar-refractivity contribution in [1.82, 2.24) is 0 Å². The third-order valence-corrected chi connectivity index (χ3v) is 3.97. The number of hydrogen-bond donors (Lipinski definition) is 0. The molecule has 0 saturated carbocycles. The first kappa shape index (κ1) is 12.3. The third kappa shape index (κ3) is 4.72. The fourth-order valence-corrected chi connectivity index (χ4v) is 2.85. The van der Waals surface area contributed by atoms with Gasteiger partial charge in [-0.2, -0.15) is 0 Å². The molecular weight excluding hydrogens is 244 g/mol. The maximum absolute atomic E-state index is 2.20. The molecule has 2 heteroatoms. The van der Waals surface area contributed by atoms with Crippen LogP contribution in [0.1, 0.15) is 0 Å². The molecular formula is C15H14S2. The predicted molar refractivity (Wildman–Crippen MR) is 78.6 cm³/mol. The minimum Gasteiger partial charge on any atom is -0.122 e. The van der Waals surface area contributed by atoms with Gasteiger partial charge in [-0.25, -0.2) is 0 Å². The van der Waals surface area contributed by atoms with Crippen molar-refractivity contribution in [2.45, 2.75) is 9.79 Å². The lowest BCUT2D eigenvalue weighted by Gasteiger charge is -1.96. The van der Waals surface area contributed by atoms with Crippen LogP contribution in [0.25, 0.3) is 0 Å². The Morgan fingerprint density at radius 2 is 1.35 bits per heavy atom. The highest BCUT2D eigenvalue weighted by molar-refractivity contribution is 8.02. The van der Waals surface area contributed by atoms with E-state index in [0.29, 0.717) is 0 Å². The molecule has 0 unspecified atom stereocenters. The lowest BCUT2D eigenvalue weighted by atomic mass is 10.4. The maximum Gasteiger partial charge on any atom is 0.0169 e. The van der Waals surface area contributed by atoms with Crippen LogP contribution in [0.2, 0.25) is 0 Å². The second-order valence-corrected chi connectivity index (χ2v) is 5.50. The van der Waals surface area contributed by atoms with E-state index < -0.39 is 0 Å². The molecule has 86 valence electrons. The molecule has 0 amide bonds. The van der Waals surface area contributed by atoms with Gasteiger partial charge in [0.1, 0.15) is 0 Å². The van der Waals surface area contributed by atoms with Gasteiger partial charge in [-0.3, -0.25) is 0 Å². The average molecular weight is 258 g/mol. The summed E-state index contributed by atoms with van der Waals surface area (Å²) in [4.78, 5) is 2.61. The maximum atomic E-state index is 2.20. The van der Waals surface area contributed by atoms with E-state index in [1.54, 1.807) is 11.8 Å². The topological polar surface area (TPSA) is 0 Å². The van der Waals surface area contributed by atoms with Crippen LogP contribution in [0, 0.1) is 0 Å². The first-order chi connectivity index (χ1) is 8.45. The van der Waals surface area contributed by atoms with Gasteiger partial charge in [0, 0.05) is 15.5 Å². The van der Waals surface area contributed by atoms with E-state index in [2.05, 4.69) is 60.0 Å². The molecule has 0 bridgehead atoms. The van der Waals surface area contributed by atoms with Gasteiger partial charge in [-0.05, 0) is 29.7 Å². The van der Waals surface area contributed by atoms with Crippen molar-refractivity contribution in [3.8, 4) is 0 Å². The molecule has 0 aliphatic carbocycles. The Morgan fingerprint density at radius 1 is 0.765 bits per heavy atom. The van der Waals surface area contributed by atoms with Crippen LogP contribution in [0.4, 0.5) is 0 Å².